The Kier molecular flexibility index (Phi) is 6.82. The molecule has 4 aromatic heterocycles. The van der Waals surface area contributed by atoms with Gasteiger partial charge in [-0.15, -0.1) is 0 Å². The normalized spacial score (nSPS) is 12.4. The van der Waals surface area contributed by atoms with Crippen molar-refractivity contribution < 1.29 is 13.5 Å². The Bertz CT molecular complexity index is 2060. The van der Waals surface area contributed by atoms with Crippen molar-refractivity contribution in [2.45, 2.75) is 32.9 Å². The number of rotatable bonds is 6. The van der Waals surface area contributed by atoms with E-state index < -0.39 is 23.2 Å². The number of fused-ring (bicyclic) bond motifs is 2. The first-order valence-electron chi connectivity index (χ1n) is 13.1. The van der Waals surface area contributed by atoms with E-state index in [1.807, 2.05) is 0 Å². The van der Waals surface area contributed by atoms with Crippen molar-refractivity contribution in [2.75, 3.05) is 5.73 Å². The first-order valence-corrected chi connectivity index (χ1v) is 13.4. The number of pyridine rings is 1. The summed E-state index contributed by atoms with van der Waals surface area (Å²) in [4.78, 5) is 27.2. The minimum absolute atomic E-state index is 0.107. The first kappa shape index (κ1) is 27.3. The molecular formula is C30H24ClF2N7O2. The van der Waals surface area contributed by atoms with Gasteiger partial charge in [-0.25, -0.2) is 28.4 Å². The lowest BCUT2D eigenvalue weighted by atomic mass is 10.0. The molecule has 1 atom stereocenters. The topological polar surface area (TPSA) is 113 Å². The van der Waals surface area contributed by atoms with Crippen LogP contribution in [-0.2, 0) is 0 Å². The maximum atomic E-state index is 15.0. The molecule has 0 unspecified atom stereocenters. The molecule has 42 heavy (non-hydrogen) atoms. The Morgan fingerprint density at radius 3 is 2.55 bits per heavy atom. The lowest BCUT2D eigenvalue weighted by molar-refractivity contribution is 0.231. The highest BCUT2D eigenvalue weighted by atomic mass is 35.5. The van der Waals surface area contributed by atoms with Crippen LogP contribution in [0.25, 0.3) is 39.1 Å². The zero-order chi connectivity index (χ0) is 29.7. The fourth-order valence-corrected chi connectivity index (χ4v) is 5.09. The minimum Gasteiger partial charge on any atom is -0.488 e. The number of anilines is 1. The minimum atomic E-state index is -0.712. The van der Waals surface area contributed by atoms with Gasteiger partial charge in [-0.3, -0.25) is 9.20 Å². The van der Waals surface area contributed by atoms with E-state index >= 15 is 4.39 Å². The second-order valence-corrected chi connectivity index (χ2v) is 10.4. The van der Waals surface area contributed by atoms with Crippen molar-refractivity contribution in [1.29, 1.82) is 0 Å². The third-order valence-electron chi connectivity index (χ3n) is 6.78. The van der Waals surface area contributed by atoms with Gasteiger partial charge in [-0.1, -0.05) is 23.7 Å². The molecule has 0 amide bonds. The third kappa shape index (κ3) is 4.71. The summed E-state index contributed by atoms with van der Waals surface area (Å²) in [5.41, 5.74) is 8.09. The standard InChI is InChI=1S/C30H24ClF2N7O2/c1-15(2)42-22-9-7-18(12-21(22)33)27-25-28(34)35-14-36-29(25)40(38-27)16(3)26-24(17-5-4-6-20(32)11-17)30(41)39-13-19(31)8-10-23(39)37-26/h4-16H,1-3H3,(H2,34,35,36)/t16-/m0/s1. The molecule has 4 heterocycles. The molecule has 0 radical (unpaired) electrons. The van der Waals surface area contributed by atoms with Gasteiger partial charge in [0, 0.05) is 11.8 Å². The summed E-state index contributed by atoms with van der Waals surface area (Å²) in [5.74, 6) is -0.830. The monoisotopic (exact) mass is 587 g/mol. The number of hydrogen-bond donors (Lipinski definition) is 1. The van der Waals surface area contributed by atoms with Crippen molar-refractivity contribution in [3.05, 3.63) is 99.8 Å². The van der Waals surface area contributed by atoms with E-state index in [1.54, 1.807) is 49.7 Å². The lowest BCUT2D eigenvalue weighted by Crippen LogP contribution is -2.23. The molecule has 0 aliphatic heterocycles. The van der Waals surface area contributed by atoms with Gasteiger partial charge >= 0.3 is 0 Å². The van der Waals surface area contributed by atoms with Gasteiger partial charge in [0.15, 0.2) is 17.2 Å². The van der Waals surface area contributed by atoms with Gasteiger partial charge < -0.3 is 10.5 Å². The number of benzene rings is 2. The van der Waals surface area contributed by atoms with Gasteiger partial charge in [-0.05, 0) is 68.8 Å². The fraction of sp³-hybridized carbons (Fsp3) is 0.167. The van der Waals surface area contributed by atoms with Gasteiger partial charge in [0.1, 0.15) is 29.3 Å². The molecule has 0 saturated heterocycles. The number of nitrogen functional groups attached to an aromatic ring is 1. The van der Waals surface area contributed by atoms with E-state index in [9.17, 15) is 9.18 Å². The zero-order valence-corrected chi connectivity index (χ0v) is 23.5. The predicted octanol–water partition coefficient (Wildman–Crippen LogP) is 6.08. The van der Waals surface area contributed by atoms with Gasteiger partial charge in [0.05, 0.1) is 33.8 Å². The molecule has 0 aliphatic rings. The number of ether oxygens (including phenoxy) is 1. The number of nitrogens with two attached hydrogens (primary N) is 1. The maximum absolute atomic E-state index is 15.0. The van der Waals surface area contributed by atoms with E-state index in [0.29, 0.717) is 44.2 Å². The second-order valence-electron chi connectivity index (χ2n) is 10.0. The van der Waals surface area contributed by atoms with E-state index in [0.717, 1.165) is 0 Å². The predicted molar refractivity (Wildman–Crippen MR) is 157 cm³/mol. The van der Waals surface area contributed by atoms with E-state index in [-0.39, 0.29) is 23.2 Å². The van der Waals surface area contributed by atoms with Crippen LogP contribution in [0.15, 0.2) is 71.9 Å². The van der Waals surface area contributed by atoms with Crippen molar-refractivity contribution in [3.63, 3.8) is 0 Å². The average molecular weight is 588 g/mol. The summed E-state index contributed by atoms with van der Waals surface area (Å²) in [6.07, 6.45) is 2.54. The molecular weight excluding hydrogens is 564 g/mol. The Hall–Kier alpha value is -4.90. The number of nitrogens with zero attached hydrogens (tertiary/aromatic N) is 6. The Balaban J connectivity index is 1.59. The van der Waals surface area contributed by atoms with Crippen LogP contribution in [0.2, 0.25) is 5.02 Å². The molecule has 6 aromatic rings. The van der Waals surface area contributed by atoms with Crippen molar-refractivity contribution >= 4 is 34.1 Å². The molecule has 0 saturated carbocycles. The van der Waals surface area contributed by atoms with E-state index in [1.165, 1.54) is 47.3 Å². The van der Waals surface area contributed by atoms with E-state index in [2.05, 4.69) is 9.97 Å². The molecule has 212 valence electrons. The van der Waals surface area contributed by atoms with Gasteiger partial charge in [-0.2, -0.15) is 5.10 Å². The Labute approximate surface area is 243 Å². The highest BCUT2D eigenvalue weighted by molar-refractivity contribution is 6.30. The van der Waals surface area contributed by atoms with Crippen LogP contribution in [0.3, 0.4) is 0 Å². The Morgan fingerprint density at radius 1 is 1.00 bits per heavy atom. The molecule has 0 fully saturated rings. The van der Waals surface area contributed by atoms with Crippen molar-refractivity contribution in [2.24, 2.45) is 0 Å². The molecule has 9 nitrogen and oxygen atoms in total. The molecule has 12 heteroatoms. The van der Waals surface area contributed by atoms with Crippen LogP contribution in [-0.4, -0.2) is 35.2 Å². The van der Waals surface area contributed by atoms with Crippen LogP contribution in [0.1, 0.15) is 32.5 Å². The molecule has 0 spiro atoms. The SMILES string of the molecule is CC(C)Oc1ccc(-c2nn([C@@H](C)c3nc4ccc(Cl)cn4c(=O)c3-c3cccc(F)c3)c3ncnc(N)c23)cc1F. The van der Waals surface area contributed by atoms with E-state index in [4.69, 9.17) is 32.2 Å². The molecule has 0 bridgehead atoms. The lowest BCUT2D eigenvalue weighted by Gasteiger charge is -2.18. The summed E-state index contributed by atoms with van der Waals surface area (Å²) in [6.45, 7) is 5.40. The van der Waals surface area contributed by atoms with Gasteiger partial charge in [0.2, 0.25) is 0 Å². The summed E-state index contributed by atoms with van der Waals surface area (Å²) in [7, 11) is 0. The van der Waals surface area contributed by atoms with Crippen LogP contribution in [0, 0.1) is 11.6 Å². The summed E-state index contributed by atoms with van der Waals surface area (Å²) in [6, 6.07) is 12.7. The van der Waals surface area contributed by atoms with Crippen LogP contribution < -0.4 is 16.0 Å². The van der Waals surface area contributed by atoms with Crippen LogP contribution >= 0.6 is 11.6 Å². The number of aromatic nitrogens is 6. The molecule has 2 aromatic carbocycles. The quantitative estimate of drug-likeness (QED) is 0.251. The molecule has 6 rings (SSSR count). The maximum Gasteiger partial charge on any atom is 0.266 e. The number of hydrogen-bond acceptors (Lipinski definition) is 7. The smallest absolute Gasteiger partial charge is 0.266 e. The van der Waals surface area contributed by atoms with Crippen LogP contribution in [0.5, 0.6) is 5.75 Å². The highest BCUT2D eigenvalue weighted by Gasteiger charge is 2.26. The fourth-order valence-electron chi connectivity index (χ4n) is 4.93. The third-order valence-corrected chi connectivity index (χ3v) is 7.00. The summed E-state index contributed by atoms with van der Waals surface area (Å²) in [5, 5.41) is 5.53. The first-order chi connectivity index (χ1) is 20.1. The zero-order valence-electron chi connectivity index (χ0n) is 22.7. The average Bonchev–Trinajstić information content (AvgIpc) is 3.35. The number of halogens is 3. The molecule has 2 N–H and O–H groups in total. The summed E-state index contributed by atoms with van der Waals surface area (Å²) < 4.78 is 37.8. The Morgan fingerprint density at radius 2 is 1.81 bits per heavy atom. The summed E-state index contributed by atoms with van der Waals surface area (Å²) >= 11 is 6.18. The largest absolute Gasteiger partial charge is 0.488 e. The van der Waals surface area contributed by atoms with Crippen LogP contribution in [0.4, 0.5) is 14.6 Å². The molecule has 0 aliphatic carbocycles. The second kappa shape index (κ2) is 10.5. The van der Waals surface area contributed by atoms with Crippen molar-refractivity contribution in [1.82, 2.24) is 29.1 Å². The van der Waals surface area contributed by atoms with Gasteiger partial charge in [0.25, 0.3) is 5.56 Å². The van der Waals surface area contributed by atoms with Crippen molar-refractivity contribution in [3.8, 4) is 28.1 Å². The highest BCUT2D eigenvalue weighted by Crippen LogP contribution is 2.36.